The molecule has 0 spiro atoms. The molecule has 0 bridgehead atoms. The Bertz CT molecular complexity index is 672. The fraction of sp³-hybridized carbons (Fsp3) is 0.474. The van der Waals surface area contributed by atoms with Crippen LogP contribution >= 0.6 is 23.2 Å². The molecule has 24 heavy (non-hydrogen) atoms. The minimum Gasteiger partial charge on any atom is -0.355 e. The summed E-state index contributed by atoms with van der Waals surface area (Å²) in [5.41, 5.74) is 1.48. The number of hydrogen-bond donors (Lipinski definition) is 1. The first-order valence-electron chi connectivity index (χ1n) is 8.18. The van der Waals surface area contributed by atoms with Crippen LogP contribution in [0.5, 0.6) is 0 Å². The van der Waals surface area contributed by atoms with Crippen molar-refractivity contribution >= 4 is 29.1 Å². The van der Waals surface area contributed by atoms with E-state index in [0.29, 0.717) is 23.0 Å². The predicted octanol–water partition coefficient (Wildman–Crippen LogP) is 4.93. The van der Waals surface area contributed by atoms with Crippen molar-refractivity contribution in [1.82, 2.24) is 5.32 Å². The molecule has 1 unspecified atom stereocenters. The number of allylic oxidation sites excluding steroid dienone is 1. The SMILES string of the molecule is C=C(C)C1(C(C#N)C(=O)NCCc2ccc(Cl)cc2Cl)CCCC1. The number of carbonyl (C=O) groups is 1. The van der Waals surface area contributed by atoms with Gasteiger partial charge in [0, 0.05) is 22.0 Å². The van der Waals surface area contributed by atoms with Crippen LogP contribution < -0.4 is 5.32 Å². The Labute approximate surface area is 153 Å². The number of benzene rings is 1. The molecule has 1 saturated carbocycles. The van der Waals surface area contributed by atoms with Crippen LogP contribution in [0.25, 0.3) is 0 Å². The van der Waals surface area contributed by atoms with Gasteiger partial charge in [0.1, 0.15) is 5.92 Å². The molecular weight excluding hydrogens is 343 g/mol. The Hall–Kier alpha value is -1.50. The van der Waals surface area contributed by atoms with Gasteiger partial charge in [-0.3, -0.25) is 4.79 Å². The number of nitrogens with zero attached hydrogens (tertiary/aromatic N) is 1. The minimum absolute atomic E-state index is 0.215. The summed E-state index contributed by atoms with van der Waals surface area (Å²) in [6.45, 7) is 6.41. The van der Waals surface area contributed by atoms with Gasteiger partial charge in [0.05, 0.1) is 6.07 Å². The van der Waals surface area contributed by atoms with Crippen molar-refractivity contribution < 1.29 is 4.79 Å². The zero-order valence-electron chi connectivity index (χ0n) is 13.9. The Morgan fingerprint density at radius 1 is 1.42 bits per heavy atom. The van der Waals surface area contributed by atoms with Gasteiger partial charge in [-0.05, 0) is 43.9 Å². The second kappa shape index (κ2) is 8.05. The molecule has 0 saturated heterocycles. The lowest BCUT2D eigenvalue weighted by molar-refractivity contribution is -0.126. The van der Waals surface area contributed by atoms with Crippen molar-refractivity contribution in [2.24, 2.45) is 11.3 Å². The number of hydrogen-bond acceptors (Lipinski definition) is 2. The summed E-state index contributed by atoms with van der Waals surface area (Å²) in [7, 11) is 0. The molecular formula is C19H22Cl2N2O. The van der Waals surface area contributed by atoms with E-state index >= 15 is 0 Å². The van der Waals surface area contributed by atoms with Gasteiger partial charge in [-0.1, -0.05) is 54.3 Å². The van der Waals surface area contributed by atoms with E-state index in [1.54, 1.807) is 12.1 Å². The van der Waals surface area contributed by atoms with Crippen molar-refractivity contribution in [3.8, 4) is 6.07 Å². The minimum atomic E-state index is -0.682. The molecule has 0 aromatic heterocycles. The average Bonchev–Trinajstić information content (AvgIpc) is 3.01. The normalized spacial score (nSPS) is 17.1. The fourth-order valence-electron chi connectivity index (χ4n) is 3.55. The molecule has 3 nitrogen and oxygen atoms in total. The first-order valence-corrected chi connectivity index (χ1v) is 8.93. The topological polar surface area (TPSA) is 52.9 Å². The van der Waals surface area contributed by atoms with Crippen LogP contribution in [0.15, 0.2) is 30.4 Å². The molecule has 1 aliphatic carbocycles. The van der Waals surface area contributed by atoms with Crippen molar-refractivity contribution in [2.75, 3.05) is 6.54 Å². The molecule has 0 aliphatic heterocycles. The molecule has 5 heteroatoms. The lowest BCUT2D eigenvalue weighted by Crippen LogP contribution is -2.41. The van der Waals surface area contributed by atoms with Crippen LogP contribution in [0.4, 0.5) is 0 Å². The highest BCUT2D eigenvalue weighted by Gasteiger charge is 2.45. The third-order valence-electron chi connectivity index (χ3n) is 5.00. The fourth-order valence-corrected chi connectivity index (χ4v) is 4.05. The van der Waals surface area contributed by atoms with E-state index in [1.165, 1.54) is 0 Å². The molecule has 0 heterocycles. The van der Waals surface area contributed by atoms with E-state index in [0.717, 1.165) is 36.8 Å². The average molecular weight is 365 g/mol. The zero-order valence-corrected chi connectivity index (χ0v) is 15.4. The van der Waals surface area contributed by atoms with E-state index in [9.17, 15) is 10.1 Å². The monoisotopic (exact) mass is 364 g/mol. The van der Waals surface area contributed by atoms with Gasteiger partial charge >= 0.3 is 0 Å². The number of halogens is 2. The molecule has 1 amide bonds. The molecule has 0 radical (unpaired) electrons. The number of carbonyl (C=O) groups excluding carboxylic acids is 1. The quantitative estimate of drug-likeness (QED) is 0.727. The van der Waals surface area contributed by atoms with Crippen LogP contribution in [-0.2, 0) is 11.2 Å². The lowest BCUT2D eigenvalue weighted by Gasteiger charge is -2.33. The van der Waals surface area contributed by atoms with Gasteiger partial charge in [0.2, 0.25) is 5.91 Å². The Morgan fingerprint density at radius 3 is 2.62 bits per heavy atom. The van der Waals surface area contributed by atoms with E-state index < -0.39 is 5.92 Å². The third kappa shape index (κ3) is 3.94. The van der Waals surface area contributed by atoms with Crippen molar-refractivity contribution in [3.05, 3.63) is 46.0 Å². The van der Waals surface area contributed by atoms with Gasteiger partial charge in [-0.2, -0.15) is 5.26 Å². The van der Waals surface area contributed by atoms with E-state index in [2.05, 4.69) is 18.0 Å². The van der Waals surface area contributed by atoms with Crippen LogP contribution in [0.3, 0.4) is 0 Å². The smallest absolute Gasteiger partial charge is 0.238 e. The van der Waals surface area contributed by atoms with Gasteiger partial charge < -0.3 is 5.32 Å². The number of rotatable bonds is 6. The first kappa shape index (κ1) is 18.8. The highest BCUT2D eigenvalue weighted by atomic mass is 35.5. The molecule has 128 valence electrons. The highest BCUT2D eigenvalue weighted by molar-refractivity contribution is 6.35. The van der Waals surface area contributed by atoms with E-state index in [1.807, 2.05) is 13.0 Å². The lowest BCUT2D eigenvalue weighted by atomic mass is 9.69. The molecule has 2 rings (SSSR count). The van der Waals surface area contributed by atoms with E-state index in [4.69, 9.17) is 23.2 Å². The third-order valence-corrected chi connectivity index (χ3v) is 5.59. The van der Waals surface area contributed by atoms with Crippen molar-refractivity contribution in [1.29, 1.82) is 5.26 Å². The van der Waals surface area contributed by atoms with Crippen LogP contribution in [0.2, 0.25) is 10.0 Å². The number of amides is 1. The first-order chi connectivity index (χ1) is 11.4. The molecule has 1 aromatic rings. The largest absolute Gasteiger partial charge is 0.355 e. The maximum atomic E-state index is 12.6. The number of nitriles is 1. The van der Waals surface area contributed by atoms with E-state index in [-0.39, 0.29) is 11.3 Å². The highest BCUT2D eigenvalue weighted by Crippen LogP contribution is 2.49. The summed E-state index contributed by atoms with van der Waals surface area (Å²) >= 11 is 12.0. The maximum absolute atomic E-state index is 12.6. The summed E-state index contributed by atoms with van der Waals surface area (Å²) in [5.74, 6) is -0.898. The second-order valence-electron chi connectivity index (χ2n) is 6.48. The predicted molar refractivity (Wildman–Crippen MR) is 98.0 cm³/mol. The Kier molecular flexibility index (Phi) is 6.32. The van der Waals surface area contributed by atoms with Crippen LogP contribution in [0.1, 0.15) is 38.2 Å². The summed E-state index contributed by atoms with van der Waals surface area (Å²) in [4.78, 5) is 12.6. The summed E-state index contributed by atoms with van der Waals surface area (Å²) in [5, 5.41) is 13.6. The standard InChI is InChI=1S/C19H22Cl2N2O/c1-13(2)19(8-3-4-9-19)16(12-22)18(24)23-10-7-14-5-6-15(20)11-17(14)21/h5-6,11,16H,1,3-4,7-10H2,2H3,(H,23,24). The van der Waals surface area contributed by atoms with Crippen molar-refractivity contribution in [3.63, 3.8) is 0 Å². The van der Waals surface area contributed by atoms with Crippen molar-refractivity contribution in [2.45, 2.75) is 39.0 Å². The Morgan fingerprint density at radius 2 is 2.08 bits per heavy atom. The van der Waals surface area contributed by atoms with Gasteiger partial charge in [-0.15, -0.1) is 0 Å². The second-order valence-corrected chi connectivity index (χ2v) is 7.33. The molecule has 1 N–H and O–H groups in total. The molecule has 1 aliphatic rings. The molecule has 1 atom stereocenters. The molecule has 1 aromatic carbocycles. The zero-order chi connectivity index (χ0) is 17.7. The molecule has 1 fully saturated rings. The summed E-state index contributed by atoms with van der Waals surface area (Å²) in [6, 6.07) is 7.53. The van der Waals surface area contributed by atoms with Gasteiger partial charge in [0.15, 0.2) is 0 Å². The van der Waals surface area contributed by atoms with Crippen LogP contribution in [0, 0.1) is 22.7 Å². The van der Waals surface area contributed by atoms with Gasteiger partial charge in [0.25, 0.3) is 0 Å². The summed E-state index contributed by atoms with van der Waals surface area (Å²) < 4.78 is 0. The maximum Gasteiger partial charge on any atom is 0.238 e. The number of nitrogens with one attached hydrogen (secondary N) is 1. The summed E-state index contributed by atoms with van der Waals surface area (Å²) in [6.07, 6.45) is 4.39. The Balaban J connectivity index is 2.00. The van der Waals surface area contributed by atoms with Crippen LogP contribution in [-0.4, -0.2) is 12.5 Å². The van der Waals surface area contributed by atoms with Gasteiger partial charge in [-0.25, -0.2) is 0 Å².